The molecular formula is C23H33N4O4S2+. The number of sulfonamides is 1. The second-order valence-corrected chi connectivity index (χ2v) is 11.6. The maximum Gasteiger partial charge on any atom is 0.367 e. The zero-order valence-electron chi connectivity index (χ0n) is 19.1. The molecule has 2 saturated heterocycles. The highest BCUT2D eigenvalue weighted by molar-refractivity contribution is 7.89. The van der Waals surface area contributed by atoms with Crippen LogP contribution in [-0.4, -0.2) is 68.8 Å². The zero-order chi connectivity index (χ0) is 23.3. The molecule has 1 aromatic heterocycles. The molecule has 0 unspecified atom stereocenters. The van der Waals surface area contributed by atoms with Crippen molar-refractivity contribution in [3.63, 3.8) is 0 Å². The summed E-state index contributed by atoms with van der Waals surface area (Å²) in [6.45, 7) is 6.06. The monoisotopic (exact) mass is 493 g/mol. The lowest BCUT2D eigenvalue weighted by Gasteiger charge is -2.30. The summed E-state index contributed by atoms with van der Waals surface area (Å²) in [4.78, 5) is 19.9. The fourth-order valence-corrected chi connectivity index (χ4v) is 7.00. The minimum absolute atomic E-state index is 0.0993. The van der Waals surface area contributed by atoms with Crippen molar-refractivity contribution in [1.29, 1.82) is 0 Å². The number of carbonyl (C=O) groups is 1. The Kier molecular flexibility index (Phi) is 8.13. The number of morpholine rings is 1. The van der Waals surface area contributed by atoms with Crippen molar-refractivity contribution >= 4 is 38.6 Å². The Bertz CT molecular complexity index is 1040. The van der Waals surface area contributed by atoms with E-state index < -0.39 is 10.0 Å². The molecule has 2 aromatic rings. The molecule has 0 spiro atoms. The SMILES string of the molecule is CCCCS(=O)(=O)N1CCC(c2nc(C(=O)[NH2+]c3ccccc3N3CCOCC3)cs2)CC1. The number of para-hydroxylation sites is 2. The number of unbranched alkanes of at least 4 members (excludes halogenated alkanes) is 1. The van der Waals surface area contributed by atoms with Crippen molar-refractivity contribution in [2.75, 3.05) is 50.0 Å². The predicted molar refractivity (Wildman–Crippen MR) is 130 cm³/mol. The fraction of sp³-hybridized carbons (Fsp3) is 0.565. The van der Waals surface area contributed by atoms with Gasteiger partial charge in [0.05, 0.1) is 29.7 Å². The molecular weight excluding hydrogens is 460 g/mol. The molecule has 0 atom stereocenters. The molecule has 33 heavy (non-hydrogen) atoms. The van der Waals surface area contributed by atoms with Crippen molar-refractivity contribution in [1.82, 2.24) is 9.29 Å². The van der Waals surface area contributed by atoms with Crippen molar-refractivity contribution in [3.05, 3.63) is 40.3 Å². The van der Waals surface area contributed by atoms with Crippen LogP contribution in [-0.2, 0) is 14.8 Å². The number of nitrogens with two attached hydrogens (primary N) is 1. The Labute approximate surface area is 200 Å². The van der Waals surface area contributed by atoms with E-state index in [1.165, 1.54) is 11.3 Å². The summed E-state index contributed by atoms with van der Waals surface area (Å²) in [5.74, 6) is 0.332. The molecule has 10 heteroatoms. The second-order valence-electron chi connectivity index (χ2n) is 8.58. The number of rotatable bonds is 8. The topological polar surface area (TPSA) is 96.4 Å². The summed E-state index contributed by atoms with van der Waals surface area (Å²) >= 11 is 1.50. The van der Waals surface area contributed by atoms with Gasteiger partial charge in [0.25, 0.3) is 0 Å². The van der Waals surface area contributed by atoms with E-state index in [0.717, 1.165) is 48.7 Å². The fourth-order valence-electron chi connectivity index (χ4n) is 4.34. The molecule has 4 rings (SSSR count). The van der Waals surface area contributed by atoms with Crippen LogP contribution < -0.4 is 10.2 Å². The van der Waals surface area contributed by atoms with Gasteiger partial charge < -0.3 is 9.64 Å². The Morgan fingerprint density at radius 3 is 2.64 bits per heavy atom. The van der Waals surface area contributed by atoms with Crippen molar-refractivity contribution in [2.24, 2.45) is 0 Å². The molecule has 180 valence electrons. The molecule has 0 bridgehead atoms. The average Bonchev–Trinajstić information content (AvgIpc) is 3.34. The lowest BCUT2D eigenvalue weighted by Crippen LogP contribution is -2.82. The molecule has 2 aliphatic rings. The van der Waals surface area contributed by atoms with Crippen molar-refractivity contribution in [3.8, 4) is 0 Å². The lowest BCUT2D eigenvalue weighted by atomic mass is 9.99. The Morgan fingerprint density at radius 1 is 1.18 bits per heavy atom. The molecule has 1 aromatic carbocycles. The van der Waals surface area contributed by atoms with Crippen LogP contribution in [0.25, 0.3) is 0 Å². The number of primary amides is 1. The number of aromatic nitrogens is 1. The first-order valence-electron chi connectivity index (χ1n) is 11.7. The molecule has 2 aliphatic heterocycles. The summed E-state index contributed by atoms with van der Waals surface area (Å²) < 4.78 is 32.0. The van der Waals surface area contributed by atoms with Gasteiger partial charge in [0.1, 0.15) is 0 Å². The third-order valence-electron chi connectivity index (χ3n) is 6.30. The smallest absolute Gasteiger partial charge is 0.367 e. The summed E-state index contributed by atoms with van der Waals surface area (Å²) in [6.07, 6.45) is 3.07. The minimum atomic E-state index is -3.16. The molecule has 2 fully saturated rings. The number of carbonyl (C=O) groups excluding carboxylic acids is 1. The number of hydrogen-bond donors (Lipinski definition) is 1. The van der Waals surface area contributed by atoms with Gasteiger partial charge in [0.2, 0.25) is 10.0 Å². The van der Waals surface area contributed by atoms with E-state index in [1.54, 1.807) is 9.62 Å². The van der Waals surface area contributed by atoms with Gasteiger partial charge in [0, 0.05) is 43.5 Å². The Hall–Kier alpha value is -1.85. The molecule has 2 N–H and O–H groups in total. The number of anilines is 1. The highest BCUT2D eigenvalue weighted by atomic mass is 32.2. The number of benzene rings is 1. The summed E-state index contributed by atoms with van der Waals surface area (Å²) in [5, 5.41) is 4.43. The van der Waals surface area contributed by atoms with E-state index >= 15 is 0 Å². The van der Waals surface area contributed by atoms with Gasteiger partial charge in [-0.2, -0.15) is 0 Å². The van der Waals surface area contributed by atoms with Crippen LogP contribution in [0.2, 0.25) is 0 Å². The summed E-state index contributed by atoms with van der Waals surface area (Å²) in [5.41, 5.74) is 2.40. The third-order valence-corrected chi connectivity index (χ3v) is 9.27. The first kappa shape index (κ1) is 24.3. The van der Waals surface area contributed by atoms with Crippen molar-refractivity contribution in [2.45, 2.75) is 38.5 Å². The van der Waals surface area contributed by atoms with Gasteiger partial charge in [0.15, 0.2) is 11.4 Å². The molecule has 0 aliphatic carbocycles. The number of hydrogen-bond acceptors (Lipinski definition) is 7. The van der Waals surface area contributed by atoms with Crippen LogP contribution in [0.3, 0.4) is 0 Å². The van der Waals surface area contributed by atoms with E-state index in [1.807, 2.05) is 36.6 Å². The van der Waals surface area contributed by atoms with Gasteiger partial charge >= 0.3 is 5.91 Å². The van der Waals surface area contributed by atoms with Crippen LogP contribution in [0.1, 0.15) is 54.0 Å². The maximum absolute atomic E-state index is 13.0. The van der Waals surface area contributed by atoms with Gasteiger partial charge in [-0.1, -0.05) is 25.5 Å². The van der Waals surface area contributed by atoms with Crippen LogP contribution in [0.15, 0.2) is 29.6 Å². The van der Waals surface area contributed by atoms with E-state index in [4.69, 9.17) is 4.74 Å². The number of quaternary nitrogens is 1. The number of piperidine rings is 1. The van der Waals surface area contributed by atoms with Gasteiger partial charge in [-0.15, -0.1) is 11.3 Å². The highest BCUT2D eigenvalue weighted by Gasteiger charge is 2.30. The second kappa shape index (κ2) is 11.1. The molecule has 0 radical (unpaired) electrons. The van der Waals surface area contributed by atoms with E-state index in [-0.39, 0.29) is 17.6 Å². The van der Waals surface area contributed by atoms with E-state index in [9.17, 15) is 13.2 Å². The van der Waals surface area contributed by atoms with Crippen LogP contribution >= 0.6 is 11.3 Å². The predicted octanol–water partition coefficient (Wildman–Crippen LogP) is 2.32. The molecule has 3 heterocycles. The van der Waals surface area contributed by atoms with Crippen molar-refractivity contribution < 1.29 is 23.3 Å². The number of ether oxygens (including phenoxy) is 1. The zero-order valence-corrected chi connectivity index (χ0v) is 20.7. The number of amides is 1. The standard InChI is InChI=1S/C23H32N4O4S2/c1-2-3-16-33(29,30)27-10-8-18(9-11-27)23-25-20(17-32-23)22(28)24-19-6-4-5-7-21(19)26-12-14-31-15-13-26/h4-7,17-18H,2-3,8-16H2,1H3,(H,24,28)/p+1. The summed E-state index contributed by atoms with van der Waals surface area (Å²) in [7, 11) is -3.16. The van der Waals surface area contributed by atoms with Crippen LogP contribution in [0.5, 0.6) is 0 Å². The lowest BCUT2D eigenvalue weighted by molar-refractivity contribution is -0.463. The quantitative estimate of drug-likeness (QED) is 0.567. The Morgan fingerprint density at radius 2 is 1.91 bits per heavy atom. The summed E-state index contributed by atoms with van der Waals surface area (Å²) in [6, 6.07) is 7.93. The van der Waals surface area contributed by atoms with Crippen LogP contribution in [0, 0.1) is 0 Å². The third kappa shape index (κ3) is 5.99. The first-order valence-corrected chi connectivity index (χ1v) is 14.2. The first-order chi connectivity index (χ1) is 16.0. The minimum Gasteiger partial charge on any atom is -0.378 e. The molecule has 1 amide bonds. The van der Waals surface area contributed by atoms with Gasteiger partial charge in [-0.05, 0) is 25.3 Å². The maximum atomic E-state index is 13.0. The molecule has 8 nitrogen and oxygen atoms in total. The largest absolute Gasteiger partial charge is 0.378 e. The van der Waals surface area contributed by atoms with Gasteiger partial charge in [-0.25, -0.2) is 27.8 Å². The average molecular weight is 494 g/mol. The Balaban J connectivity index is 1.37. The van der Waals surface area contributed by atoms with Crippen LogP contribution in [0.4, 0.5) is 11.4 Å². The van der Waals surface area contributed by atoms with E-state index in [2.05, 4.69) is 9.88 Å². The van der Waals surface area contributed by atoms with E-state index in [0.29, 0.717) is 38.4 Å². The van der Waals surface area contributed by atoms with Gasteiger partial charge in [-0.3, -0.25) is 0 Å². The normalized spacial score (nSPS) is 18.5. The number of nitrogens with zero attached hydrogens (tertiary/aromatic N) is 3. The highest BCUT2D eigenvalue weighted by Crippen LogP contribution is 2.31. The number of thiazole rings is 1. The molecule has 0 saturated carbocycles.